The van der Waals surface area contributed by atoms with Crippen LogP contribution in [-0.2, 0) is 0 Å². The number of halogens is 1. The monoisotopic (exact) mass is 410 g/mol. The van der Waals surface area contributed by atoms with E-state index in [-0.39, 0.29) is 0 Å². The van der Waals surface area contributed by atoms with Gasteiger partial charge < -0.3 is 10.0 Å². The maximum atomic E-state index is 12.3. The molecule has 1 N–H and O–H groups in total. The van der Waals surface area contributed by atoms with E-state index in [9.17, 15) is 9.90 Å². The van der Waals surface area contributed by atoms with Crippen LogP contribution in [0.2, 0.25) is 0 Å². The van der Waals surface area contributed by atoms with Gasteiger partial charge in [0, 0.05) is 28.5 Å². The normalized spacial score (nSPS) is 14.2. The molecule has 3 aromatic rings. The Labute approximate surface area is 160 Å². The SMILES string of the molecule is Cc1ccc(-c2nc3ccc(Br)cc3c(C(=O)O)c2N2CCCC2)cc1. The molecule has 2 aromatic carbocycles. The summed E-state index contributed by atoms with van der Waals surface area (Å²) in [6, 6.07) is 13.7. The van der Waals surface area contributed by atoms with Gasteiger partial charge in [0.05, 0.1) is 22.5 Å². The van der Waals surface area contributed by atoms with Gasteiger partial charge in [-0.3, -0.25) is 0 Å². The maximum Gasteiger partial charge on any atom is 0.338 e. The highest BCUT2D eigenvalue weighted by atomic mass is 79.9. The highest BCUT2D eigenvalue weighted by Gasteiger charge is 2.27. The molecule has 1 saturated heterocycles. The molecule has 132 valence electrons. The fourth-order valence-corrected chi connectivity index (χ4v) is 3.96. The van der Waals surface area contributed by atoms with Crippen molar-refractivity contribution in [2.75, 3.05) is 18.0 Å². The van der Waals surface area contributed by atoms with Gasteiger partial charge in [0.1, 0.15) is 0 Å². The second kappa shape index (κ2) is 6.72. The lowest BCUT2D eigenvalue weighted by molar-refractivity contribution is 0.0699. The highest BCUT2D eigenvalue weighted by Crippen LogP contribution is 2.39. The number of rotatable bonds is 3. The molecule has 4 rings (SSSR count). The summed E-state index contributed by atoms with van der Waals surface area (Å²) >= 11 is 3.46. The lowest BCUT2D eigenvalue weighted by atomic mass is 9.99. The van der Waals surface area contributed by atoms with Crippen molar-refractivity contribution in [2.45, 2.75) is 19.8 Å². The largest absolute Gasteiger partial charge is 0.478 e. The zero-order chi connectivity index (χ0) is 18.3. The fourth-order valence-electron chi connectivity index (χ4n) is 3.60. The number of hydrogen-bond acceptors (Lipinski definition) is 3. The third-order valence-corrected chi connectivity index (χ3v) is 5.38. The average molecular weight is 411 g/mol. The number of aryl methyl sites for hydroxylation is 1. The van der Waals surface area contributed by atoms with E-state index in [1.807, 2.05) is 49.4 Å². The number of fused-ring (bicyclic) bond motifs is 1. The first-order valence-corrected chi connectivity index (χ1v) is 9.52. The molecular formula is C21H19BrN2O2. The lowest BCUT2D eigenvalue weighted by Crippen LogP contribution is -2.22. The summed E-state index contributed by atoms with van der Waals surface area (Å²) in [5, 5.41) is 10.7. The third kappa shape index (κ3) is 2.97. The van der Waals surface area contributed by atoms with Crippen LogP contribution < -0.4 is 4.90 Å². The number of anilines is 1. The summed E-state index contributed by atoms with van der Waals surface area (Å²) in [6.45, 7) is 3.76. The molecule has 0 spiro atoms. The molecule has 0 bridgehead atoms. The summed E-state index contributed by atoms with van der Waals surface area (Å²) in [5.74, 6) is -0.911. The maximum absolute atomic E-state index is 12.3. The molecule has 0 atom stereocenters. The van der Waals surface area contributed by atoms with Crippen LogP contribution in [0.1, 0.15) is 28.8 Å². The summed E-state index contributed by atoms with van der Waals surface area (Å²) in [5.41, 5.74) is 4.64. The van der Waals surface area contributed by atoms with Gasteiger partial charge in [0.25, 0.3) is 0 Å². The minimum absolute atomic E-state index is 0.341. The molecule has 0 amide bonds. The number of pyridine rings is 1. The van der Waals surface area contributed by atoms with E-state index in [4.69, 9.17) is 4.98 Å². The fraction of sp³-hybridized carbons (Fsp3) is 0.238. The van der Waals surface area contributed by atoms with E-state index >= 15 is 0 Å². The highest BCUT2D eigenvalue weighted by molar-refractivity contribution is 9.10. The molecule has 5 heteroatoms. The Kier molecular flexibility index (Phi) is 4.41. The molecule has 1 aliphatic rings. The summed E-state index contributed by atoms with van der Waals surface area (Å²) in [4.78, 5) is 19.3. The van der Waals surface area contributed by atoms with Gasteiger partial charge >= 0.3 is 5.97 Å². The number of hydrogen-bond donors (Lipinski definition) is 1. The lowest BCUT2D eigenvalue weighted by Gasteiger charge is -2.24. The summed E-state index contributed by atoms with van der Waals surface area (Å²) in [7, 11) is 0. The Morgan fingerprint density at radius 1 is 1.12 bits per heavy atom. The molecule has 4 nitrogen and oxygen atoms in total. The van der Waals surface area contributed by atoms with Gasteiger partial charge in [-0.2, -0.15) is 0 Å². The van der Waals surface area contributed by atoms with Crippen LogP contribution in [-0.4, -0.2) is 29.1 Å². The van der Waals surface area contributed by atoms with Crippen molar-refractivity contribution in [1.29, 1.82) is 0 Å². The van der Waals surface area contributed by atoms with Crippen molar-refractivity contribution in [2.24, 2.45) is 0 Å². The van der Waals surface area contributed by atoms with Gasteiger partial charge in [0.15, 0.2) is 0 Å². The van der Waals surface area contributed by atoms with Crippen molar-refractivity contribution in [3.05, 3.63) is 58.1 Å². The predicted octanol–water partition coefficient (Wildman–Crippen LogP) is 5.27. The van der Waals surface area contributed by atoms with E-state index < -0.39 is 5.97 Å². The number of carbonyl (C=O) groups is 1. The zero-order valence-corrected chi connectivity index (χ0v) is 16.1. The van der Waals surface area contributed by atoms with Crippen molar-refractivity contribution >= 4 is 38.5 Å². The Bertz CT molecular complexity index is 993. The number of carboxylic acids is 1. The number of aromatic nitrogens is 1. The molecule has 0 saturated carbocycles. The molecule has 1 fully saturated rings. The minimum atomic E-state index is -0.911. The molecule has 0 radical (unpaired) electrons. The predicted molar refractivity (Wildman–Crippen MR) is 108 cm³/mol. The first-order valence-electron chi connectivity index (χ1n) is 8.73. The number of carboxylic acid groups (broad SMARTS) is 1. The molecule has 1 aliphatic heterocycles. The Hall–Kier alpha value is -2.40. The zero-order valence-electron chi connectivity index (χ0n) is 14.5. The summed E-state index contributed by atoms with van der Waals surface area (Å²) in [6.07, 6.45) is 2.14. The van der Waals surface area contributed by atoms with Gasteiger partial charge in [0.2, 0.25) is 0 Å². The van der Waals surface area contributed by atoms with Crippen LogP contribution in [0.25, 0.3) is 22.2 Å². The third-order valence-electron chi connectivity index (χ3n) is 4.88. The van der Waals surface area contributed by atoms with E-state index in [1.54, 1.807) is 0 Å². The quantitative estimate of drug-likeness (QED) is 0.638. The van der Waals surface area contributed by atoms with Gasteiger partial charge in [-0.15, -0.1) is 0 Å². The standard InChI is InChI=1S/C21H19BrN2O2/c1-13-4-6-14(7-5-13)19-20(24-10-2-3-11-24)18(21(25)26)16-12-15(22)8-9-17(16)23-19/h4-9,12H,2-3,10-11H2,1H3,(H,25,26). The number of benzene rings is 2. The van der Waals surface area contributed by atoms with Crippen LogP contribution in [0.3, 0.4) is 0 Å². The summed E-state index contributed by atoms with van der Waals surface area (Å²) < 4.78 is 0.852. The Balaban J connectivity index is 2.08. The topological polar surface area (TPSA) is 53.4 Å². The first kappa shape index (κ1) is 17.0. The van der Waals surface area contributed by atoms with Crippen LogP contribution in [0.5, 0.6) is 0 Å². The average Bonchev–Trinajstić information content (AvgIpc) is 3.15. The number of nitrogens with zero attached hydrogens (tertiary/aromatic N) is 2. The molecule has 0 aliphatic carbocycles. The van der Waals surface area contributed by atoms with E-state index in [1.165, 1.54) is 5.56 Å². The molecule has 0 unspecified atom stereocenters. The first-order chi connectivity index (χ1) is 12.5. The van der Waals surface area contributed by atoms with Crippen LogP contribution in [0, 0.1) is 6.92 Å². The van der Waals surface area contributed by atoms with E-state index in [0.29, 0.717) is 16.5 Å². The number of aromatic carboxylic acids is 1. The Morgan fingerprint density at radius 2 is 1.81 bits per heavy atom. The van der Waals surface area contributed by atoms with Crippen LogP contribution in [0.15, 0.2) is 46.9 Å². The molecular weight excluding hydrogens is 392 g/mol. The van der Waals surface area contributed by atoms with Gasteiger partial charge in [-0.1, -0.05) is 45.8 Å². The molecule has 26 heavy (non-hydrogen) atoms. The second-order valence-electron chi connectivity index (χ2n) is 6.71. The van der Waals surface area contributed by atoms with Crippen LogP contribution in [0.4, 0.5) is 5.69 Å². The van der Waals surface area contributed by atoms with Gasteiger partial charge in [-0.25, -0.2) is 9.78 Å². The van der Waals surface area contributed by atoms with Crippen molar-refractivity contribution in [1.82, 2.24) is 4.98 Å². The van der Waals surface area contributed by atoms with E-state index in [0.717, 1.165) is 47.3 Å². The van der Waals surface area contributed by atoms with Crippen LogP contribution >= 0.6 is 15.9 Å². The second-order valence-corrected chi connectivity index (χ2v) is 7.63. The minimum Gasteiger partial charge on any atom is -0.478 e. The van der Waals surface area contributed by atoms with E-state index in [2.05, 4.69) is 20.8 Å². The molecule has 1 aromatic heterocycles. The van der Waals surface area contributed by atoms with Crippen molar-refractivity contribution < 1.29 is 9.90 Å². The smallest absolute Gasteiger partial charge is 0.338 e. The Morgan fingerprint density at radius 3 is 2.46 bits per heavy atom. The van der Waals surface area contributed by atoms with Gasteiger partial charge in [-0.05, 0) is 38.0 Å². The molecule has 2 heterocycles. The van der Waals surface area contributed by atoms with Crippen molar-refractivity contribution in [3.8, 4) is 11.3 Å². The van der Waals surface area contributed by atoms with Crippen molar-refractivity contribution in [3.63, 3.8) is 0 Å².